The van der Waals surface area contributed by atoms with E-state index in [2.05, 4.69) is 5.32 Å². The maximum Gasteiger partial charge on any atom is 0.322 e. The van der Waals surface area contributed by atoms with Gasteiger partial charge in [0.2, 0.25) is 0 Å². The minimum Gasteiger partial charge on any atom is -0.481 e. The lowest BCUT2D eigenvalue weighted by atomic mass is 10.1. The Bertz CT molecular complexity index is 516. The van der Waals surface area contributed by atoms with Gasteiger partial charge in [0.1, 0.15) is 0 Å². The summed E-state index contributed by atoms with van der Waals surface area (Å²) in [6, 6.07) is 7.85. The number of anilines is 1. The fourth-order valence-corrected chi connectivity index (χ4v) is 2.59. The van der Waals surface area contributed by atoms with E-state index in [1.807, 2.05) is 38.1 Å². The molecule has 1 aliphatic rings. The van der Waals surface area contributed by atoms with Crippen LogP contribution in [0.25, 0.3) is 0 Å². The fourth-order valence-electron chi connectivity index (χ4n) is 2.59. The van der Waals surface area contributed by atoms with Gasteiger partial charge in [-0.25, -0.2) is 4.79 Å². The van der Waals surface area contributed by atoms with Gasteiger partial charge < -0.3 is 10.4 Å². The number of para-hydroxylation sites is 1. The number of amides is 2. The smallest absolute Gasteiger partial charge is 0.322 e. The third-order valence-electron chi connectivity index (χ3n) is 3.55. The van der Waals surface area contributed by atoms with Gasteiger partial charge in [0, 0.05) is 24.7 Å². The van der Waals surface area contributed by atoms with Gasteiger partial charge in [-0.15, -0.1) is 0 Å². The summed E-state index contributed by atoms with van der Waals surface area (Å²) < 4.78 is 0. The number of urea groups is 1. The molecule has 5 nitrogen and oxygen atoms in total. The predicted octanol–water partition coefficient (Wildman–Crippen LogP) is 2.26. The lowest BCUT2D eigenvalue weighted by Crippen LogP contribution is -2.44. The Balaban J connectivity index is 1.98. The summed E-state index contributed by atoms with van der Waals surface area (Å²) in [5.74, 6) is -0.920. The molecule has 5 heteroatoms. The van der Waals surface area contributed by atoms with Gasteiger partial charge in [0.25, 0.3) is 0 Å². The second-order valence-corrected chi connectivity index (χ2v) is 5.44. The quantitative estimate of drug-likeness (QED) is 0.886. The first kappa shape index (κ1) is 14.4. The normalized spacial score (nSPS) is 18.5. The van der Waals surface area contributed by atoms with Crippen molar-refractivity contribution in [3.05, 3.63) is 29.8 Å². The highest BCUT2D eigenvalue weighted by Crippen LogP contribution is 2.31. The number of hydrogen-bond acceptors (Lipinski definition) is 2. The molecule has 0 saturated carbocycles. The summed E-state index contributed by atoms with van der Waals surface area (Å²) in [6.45, 7) is 4.20. The third kappa shape index (κ3) is 3.10. The van der Waals surface area contributed by atoms with E-state index in [-0.39, 0.29) is 24.4 Å². The molecule has 0 fully saturated rings. The largest absolute Gasteiger partial charge is 0.481 e. The SMILES string of the molecule is CC(CNC(=O)N1c2ccccc2CC1C)CC(=O)O. The summed E-state index contributed by atoms with van der Waals surface area (Å²) in [5.41, 5.74) is 2.12. The first-order valence-electron chi connectivity index (χ1n) is 6.85. The molecule has 0 spiro atoms. The highest BCUT2D eigenvalue weighted by Gasteiger charge is 2.30. The van der Waals surface area contributed by atoms with Crippen molar-refractivity contribution in [3.63, 3.8) is 0 Å². The number of benzene rings is 1. The van der Waals surface area contributed by atoms with Gasteiger partial charge in [-0.2, -0.15) is 0 Å². The van der Waals surface area contributed by atoms with Crippen LogP contribution < -0.4 is 10.2 Å². The molecule has 1 aromatic rings. The third-order valence-corrected chi connectivity index (χ3v) is 3.55. The highest BCUT2D eigenvalue weighted by atomic mass is 16.4. The van der Waals surface area contributed by atoms with E-state index >= 15 is 0 Å². The second-order valence-electron chi connectivity index (χ2n) is 5.44. The van der Waals surface area contributed by atoms with Crippen molar-refractivity contribution in [2.75, 3.05) is 11.4 Å². The standard InChI is InChI=1S/C15H20N2O3/c1-10(7-14(18)19)9-16-15(20)17-11(2)8-12-5-3-4-6-13(12)17/h3-6,10-11H,7-9H2,1-2H3,(H,16,20)(H,18,19). The van der Waals surface area contributed by atoms with E-state index in [1.54, 1.807) is 4.90 Å². The van der Waals surface area contributed by atoms with Gasteiger partial charge in [-0.1, -0.05) is 25.1 Å². The molecule has 2 amide bonds. The van der Waals surface area contributed by atoms with E-state index in [0.717, 1.165) is 12.1 Å². The molecule has 108 valence electrons. The summed E-state index contributed by atoms with van der Waals surface area (Å²) in [5, 5.41) is 11.5. The highest BCUT2D eigenvalue weighted by molar-refractivity contribution is 5.94. The fraction of sp³-hybridized carbons (Fsp3) is 0.467. The predicted molar refractivity (Wildman–Crippen MR) is 76.9 cm³/mol. The Morgan fingerprint density at radius 3 is 2.85 bits per heavy atom. The number of carbonyl (C=O) groups excluding carboxylic acids is 1. The van der Waals surface area contributed by atoms with Crippen LogP contribution in [0.15, 0.2) is 24.3 Å². The van der Waals surface area contributed by atoms with Crippen LogP contribution in [0.1, 0.15) is 25.8 Å². The first-order chi connectivity index (χ1) is 9.49. The minimum absolute atomic E-state index is 0.0619. The summed E-state index contributed by atoms with van der Waals surface area (Å²) in [6.07, 6.45) is 0.917. The van der Waals surface area contributed by atoms with Crippen LogP contribution in [-0.2, 0) is 11.2 Å². The van der Waals surface area contributed by atoms with Crippen LogP contribution in [0.3, 0.4) is 0 Å². The number of carbonyl (C=O) groups is 2. The maximum atomic E-state index is 12.3. The van der Waals surface area contributed by atoms with Crippen LogP contribution in [0, 0.1) is 5.92 Å². The number of hydrogen-bond donors (Lipinski definition) is 2. The van der Waals surface area contributed by atoms with Crippen molar-refractivity contribution in [1.29, 1.82) is 0 Å². The van der Waals surface area contributed by atoms with Gasteiger partial charge in [0.05, 0.1) is 0 Å². The number of nitrogens with one attached hydrogen (secondary N) is 1. The summed E-state index contributed by atoms with van der Waals surface area (Å²) >= 11 is 0. The Labute approximate surface area is 118 Å². The zero-order valence-corrected chi connectivity index (χ0v) is 11.8. The molecule has 1 aromatic carbocycles. The number of carboxylic acid groups (broad SMARTS) is 1. The molecule has 0 bridgehead atoms. The van der Waals surface area contributed by atoms with Crippen molar-refractivity contribution in [1.82, 2.24) is 5.32 Å². The van der Waals surface area contributed by atoms with Crippen molar-refractivity contribution in [2.24, 2.45) is 5.92 Å². The van der Waals surface area contributed by atoms with E-state index in [1.165, 1.54) is 5.56 Å². The number of carboxylic acids is 1. The van der Waals surface area contributed by atoms with Gasteiger partial charge in [-0.3, -0.25) is 9.69 Å². The van der Waals surface area contributed by atoms with Crippen molar-refractivity contribution < 1.29 is 14.7 Å². The molecule has 0 aromatic heterocycles. The summed E-state index contributed by atoms with van der Waals surface area (Å²) in [7, 11) is 0. The zero-order valence-electron chi connectivity index (χ0n) is 11.8. The van der Waals surface area contributed by atoms with E-state index in [4.69, 9.17) is 5.11 Å². The van der Waals surface area contributed by atoms with Crippen LogP contribution in [0.2, 0.25) is 0 Å². The minimum atomic E-state index is -0.841. The van der Waals surface area contributed by atoms with Gasteiger partial charge in [0.15, 0.2) is 0 Å². The van der Waals surface area contributed by atoms with Crippen molar-refractivity contribution in [2.45, 2.75) is 32.7 Å². The first-order valence-corrected chi connectivity index (χ1v) is 6.85. The topological polar surface area (TPSA) is 69.6 Å². The average molecular weight is 276 g/mol. The zero-order chi connectivity index (χ0) is 14.7. The molecule has 20 heavy (non-hydrogen) atoms. The van der Waals surface area contributed by atoms with Gasteiger partial charge in [-0.05, 0) is 30.9 Å². The Hall–Kier alpha value is -2.04. The van der Waals surface area contributed by atoms with E-state index < -0.39 is 5.97 Å². The Morgan fingerprint density at radius 2 is 2.15 bits per heavy atom. The molecule has 2 atom stereocenters. The van der Waals surface area contributed by atoms with Crippen LogP contribution in [-0.4, -0.2) is 29.7 Å². The Kier molecular flexibility index (Phi) is 4.27. The monoisotopic (exact) mass is 276 g/mol. The molecular formula is C15H20N2O3. The molecule has 2 N–H and O–H groups in total. The lowest BCUT2D eigenvalue weighted by molar-refractivity contribution is -0.137. The number of aliphatic carboxylic acids is 1. The molecular weight excluding hydrogens is 256 g/mol. The van der Waals surface area contributed by atoms with E-state index in [0.29, 0.717) is 6.54 Å². The van der Waals surface area contributed by atoms with Crippen LogP contribution >= 0.6 is 0 Å². The van der Waals surface area contributed by atoms with Crippen molar-refractivity contribution in [3.8, 4) is 0 Å². The molecule has 0 aliphatic carbocycles. The molecule has 0 radical (unpaired) electrons. The summed E-state index contributed by atoms with van der Waals surface area (Å²) in [4.78, 5) is 24.6. The second kappa shape index (κ2) is 5.94. The maximum absolute atomic E-state index is 12.3. The van der Waals surface area contributed by atoms with E-state index in [9.17, 15) is 9.59 Å². The Morgan fingerprint density at radius 1 is 1.45 bits per heavy atom. The number of fused-ring (bicyclic) bond motifs is 1. The molecule has 2 unspecified atom stereocenters. The van der Waals surface area contributed by atoms with Gasteiger partial charge >= 0.3 is 12.0 Å². The average Bonchev–Trinajstić information content (AvgIpc) is 2.71. The number of rotatable bonds is 4. The molecule has 0 saturated heterocycles. The number of nitrogens with zero attached hydrogens (tertiary/aromatic N) is 1. The molecule has 2 rings (SSSR count). The molecule has 1 heterocycles. The lowest BCUT2D eigenvalue weighted by Gasteiger charge is -2.24. The van der Waals surface area contributed by atoms with Crippen molar-refractivity contribution >= 4 is 17.7 Å². The van der Waals surface area contributed by atoms with Crippen LogP contribution in [0.4, 0.5) is 10.5 Å². The molecule has 1 aliphatic heterocycles. The van der Waals surface area contributed by atoms with Crippen LogP contribution in [0.5, 0.6) is 0 Å².